The van der Waals surface area contributed by atoms with Crippen LogP contribution in [-0.2, 0) is 6.42 Å². The molecule has 2 N–H and O–H groups in total. The molecule has 17 heavy (non-hydrogen) atoms. The minimum atomic E-state index is 0.916. The van der Waals surface area contributed by atoms with Crippen molar-refractivity contribution in [2.45, 2.75) is 52.4 Å². The van der Waals surface area contributed by atoms with E-state index in [1.807, 2.05) is 0 Å². The van der Waals surface area contributed by atoms with Crippen LogP contribution in [-0.4, -0.2) is 0 Å². The van der Waals surface area contributed by atoms with Crippen molar-refractivity contribution in [2.24, 2.45) is 11.8 Å². The maximum atomic E-state index is 5.85. The molecule has 94 valence electrons. The molecule has 1 aromatic rings. The Balaban J connectivity index is 1.90. The molecule has 0 radical (unpaired) electrons. The van der Waals surface area contributed by atoms with E-state index in [2.05, 4.69) is 32.0 Å². The lowest BCUT2D eigenvalue weighted by Gasteiger charge is -2.28. The van der Waals surface area contributed by atoms with Crippen LogP contribution in [0.5, 0.6) is 0 Å². The highest BCUT2D eigenvalue weighted by atomic mass is 14.5. The first-order valence-electron chi connectivity index (χ1n) is 7.02. The zero-order valence-corrected chi connectivity index (χ0v) is 11.2. The van der Waals surface area contributed by atoms with Gasteiger partial charge in [-0.15, -0.1) is 0 Å². The third-order valence-electron chi connectivity index (χ3n) is 4.43. The van der Waals surface area contributed by atoms with Crippen molar-refractivity contribution in [1.82, 2.24) is 0 Å². The Labute approximate surface area is 105 Å². The molecule has 0 amide bonds. The van der Waals surface area contributed by atoms with Gasteiger partial charge < -0.3 is 5.73 Å². The molecule has 1 heteroatoms. The molecule has 0 spiro atoms. The Hall–Kier alpha value is -0.980. The first kappa shape index (κ1) is 12.5. The second-order valence-corrected chi connectivity index (χ2v) is 5.75. The van der Waals surface area contributed by atoms with E-state index >= 15 is 0 Å². The molecular formula is C16H25N. The second kappa shape index (κ2) is 5.57. The molecular weight excluding hydrogens is 206 g/mol. The normalized spacial score (nSPS) is 24.8. The summed E-state index contributed by atoms with van der Waals surface area (Å²) in [6, 6.07) is 6.49. The molecule has 0 saturated heterocycles. The SMILES string of the molecule is Cc1cc(CCC2CCCCC2C)ccc1N. The average Bonchev–Trinajstić information content (AvgIpc) is 2.32. The molecule has 2 atom stereocenters. The molecule has 1 nitrogen and oxygen atoms in total. The number of hydrogen-bond acceptors (Lipinski definition) is 1. The number of rotatable bonds is 3. The van der Waals surface area contributed by atoms with Gasteiger partial charge in [0.25, 0.3) is 0 Å². The summed E-state index contributed by atoms with van der Waals surface area (Å²) in [6.45, 7) is 4.53. The Kier molecular flexibility index (Phi) is 4.09. The summed E-state index contributed by atoms with van der Waals surface area (Å²) in [6.07, 6.45) is 8.33. The van der Waals surface area contributed by atoms with E-state index < -0.39 is 0 Å². The summed E-state index contributed by atoms with van der Waals surface area (Å²) in [4.78, 5) is 0. The van der Waals surface area contributed by atoms with Crippen molar-refractivity contribution in [3.05, 3.63) is 29.3 Å². The van der Waals surface area contributed by atoms with E-state index in [0.29, 0.717) is 0 Å². The van der Waals surface area contributed by atoms with E-state index in [9.17, 15) is 0 Å². The minimum absolute atomic E-state index is 0.916. The molecule has 0 aromatic heterocycles. The van der Waals surface area contributed by atoms with Crippen LogP contribution < -0.4 is 5.73 Å². The molecule has 1 aliphatic carbocycles. The van der Waals surface area contributed by atoms with Crippen LogP contribution in [0.25, 0.3) is 0 Å². The lowest BCUT2D eigenvalue weighted by Crippen LogP contribution is -2.17. The Morgan fingerprint density at radius 3 is 2.71 bits per heavy atom. The van der Waals surface area contributed by atoms with Gasteiger partial charge in [-0.1, -0.05) is 44.7 Å². The average molecular weight is 231 g/mol. The predicted molar refractivity (Wildman–Crippen MR) is 75.0 cm³/mol. The van der Waals surface area contributed by atoms with Gasteiger partial charge in [-0.05, 0) is 48.8 Å². The minimum Gasteiger partial charge on any atom is -0.399 e. The highest BCUT2D eigenvalue weighted by Gasteiger charge is 2.20. The Bertz CT molecular complexity index is 370. The fraction of sp³-hybridized carbons (Fsp3) is 0.625. The molecule has 2 rings (SSSR count). The summed E-state index contributed by atoms with van der Waals surface area (Å²) >= 11 is 0. The largest absolute Gasteiger partial charge is 0.399 e. The monoisotopic (exact) mass is 231 g/mol. The van der Waals surface area contributed by atoms with Crippen LogP contribution >= 0.6 is 0 Å². The second-order valence-electron chi connectivity index (χ2n) is 5.75. The molecule has 2 unspecified atom stereocenters. The summed E-state index contributed by atoms with van der Waals surface area (Å²) in [5, 5.41) is 0. The van der Waals surface area contributed by atoms with Crippen molar-refractivity contribution in [3.8, 4) is 0 Å². The highest BCUT2D eigenvalue weighted by molar-refractivity contribution is 5.47. The first-order valence-corrected chi connectivity index (χ1v) is 7.02. The summed E-state index contributed by atoms with van der Waals surface area (Å²) < 4.78 is 0. The number of nitrogens with two attached hydrogens (primary N) is 1. The summed E-state index contributed by atoms with van der Waals surface area (Å²) in [7, 11) is 0. The van der Waals surface area contributed by atoms with Gasteiger partial charge >= 0.3 is 0 Å². The summed E-state index contributed by atoms with van der Waals surface area (Å²) in [5.41, 5.74) is 9.44. The number of aryl methyl sites for hydroxylation is 2. The topological polar surface area (TPSA) is 26.0 Å². The van der Waals surface area contributed by atoms with Crippen LogP contribution in [0.1, 0.15) is 50.2 Å². The van der Waals surface area contributed by atoms with Gasteiger partial charge in [0.15, 0.2) is 0 Å². The lowest BCUT2D eigenvalue weighted by atomic mass is 9.77. The number of benzene rings is 1. The van der Waals surface area contributed by atoms with E-state index in [1.165, 1.54) is 49.7 Å². The van der Waals surface area contributed by atoms with Crippen LogP contribution in [0.3, 0.4) is 0 Å². The fourth-order valence-electron chi connectivity index (χ4n) is 3.07. The third-order valence-corrected chi connectivity index (χ3v) is 4.43. The first-order chi connectivity index (χ1) is 8.16. The smallest absolute Gasteiger partial charge is 0.0343 e. The third kappa shape index (κ3) is 3.24. The number of anilines is 1. The Morgan fingerprint density at radius 2 is 2.00 bits per heavy atom. The van der Waals surface area contributed by atoms with Gasteiger partial charge in [0.1, 0.15) is 0 Å². The molecule has 0 aliphatic heterocycles. The van der Waals surface area contributed by atoms with Crippen molar-refractivity contribution >= 4 is 5.69 Å². The molecule has 1 saturated carbocycles. The lowest BCUT2D eigenvalue weighted by molar-refractivity contribution is 0.242. The number of hydrogen-bond donors (Lipinski definition) is 1. The molecule has 0 heterocycles. The summed E-state index contributed by atoms with van der Waals surface area (Å²) in [5.74, 6) is 1.88. The van der Waals surface area contributed by atoms with Gasteiger partial charge in [0.05, 0.1) is 0 Å². The van der Waals surface area contributed by atoms with Crippen LogP contribution in [0.4, 0.5) is 5.69 Å². The standard InChI is InChI=1S/C16H25N/c1-12-5-3-4-6-15(12)9-7-14-8-10-16(17)13(2)11-14/h8,10-12,15H,3-7,9,17H2,1-2H3. The number of nitrogen functional groups attached to an aromatic ring is 1. The van der Waals surface area contributed by atoms with Crippen LogP contribution in [0.15, 0.2) is 18.2 Å². The van der Waals surface area contributed by atoms with Crippen molar-refractivity contribution in [1.29, 1.82) is 0 Å². The quantitative estimate of drug-likeness (QED) is 0.770. The van der Waals surface area contributed by atoms with Crippen molar-refractivity contribution in [3.63, 3.8) is 0 Å². The van der Waals surface area contributed by atoms with Gasteiger partial charge in [-0.3, -0.25) is 0 Å². The highest BCUT2D eigenvalue weighted by Crippen LogP contribution is 2.32. The maximum absolute atomic E-state index is 5.85. The molecule has 1 fully saturated rings. The van der Waals surface area contributed by atoms with Crippen LogP contribution in [0, 0.1) is 18.8 Å². The van der Waals surface area contributed by atoms with E-state index in [-0.39, 0.29) is 0 Å². The zero-order valence-electron chi connectivity index (χ0n) is 11.2. The fourth-order valence-corrected chi connectivity index (χ4v) is 3.07. The van der Waals surface area contributed by atoms with Gasteiger partial charge in [-0.2, -0.15) is 0 Å². The van der Waals surface area contributed by atoms with Gasteiger partial charge in [-0.25, -0.2) is 0 Å². The van der Waals surface area contributed by atoms with Crippen LogP contribution in [0.2, 0.25) is 0 Å². The predicted octanol–water partition coefficient (Wildman–Crippen LogP) is 4.34. The molecule has 0 bridgehead atoms. The maximum Gasteiger partial charge on any atom is 0.0343 e. The zero-order chi connectivity index (χ0) is 12.3. The molecule has 1 aromatic carbocycles. The van der Waals surface area contributed by atoms with Gasteiger partial charge in [0, 0.05) is 5.69 Å². The van der Waals surface area contributed by atoms with Crippen molar-refractivity contribution in [2.75, 3.05) is 5.73 Å². The van der Waals surface area contributed by atoms with Gasteiger partial charge in [0.2, 0.25) is 0 Å². The van der Waals surface area contributed by atoms with E-state index in [0.717, 1.165) is 17.5 Å². The Morgan fingerprint density at radius 1 is 1.24 bits per heavy atom. The van der Waals surface area contributed by atoms with E-state index in [4.69, 9.17) is 5.73 Å². The van der Waals surface area contributed by atoms with E-state index in [1.54, 1.807) is 0 Å². The molecule has 1 aliphatic rings. The van der Waals surface area contributed by atoms with Crippen molar-refractivity contribution < 1.29 is 0 Å².